The first-order valence-electron chi connectivity index (χ1n) is 5.67. The number of carbonyl (C=O) groups is 1. The van der Waals surface area contributed by atoms with Crippen molar-refractivity contribution in [3.05, 3.63) is 60.1 Å². The van der Waals surface area contributed by atoms with Crippen LogP contribution in [0.2, 0.25) is 0 Å². The third kappa shape index (κ3) is 3.79. The van der Waals surface area contributed by atoms with Crippen LogP contribution in [0.15, 0.2) is 53.1 Å². The number of hydrogen-bond acceptors (Lipinski definition) is 2. The monoisotopic (exact) mass is 229 g/mol. The van der Waals surface area contributed by atoms with Crippen molar-refractivity contribution in [1.29, 1.82) is 0 Å². The maximum Gasteiger partial charge on any atom is 0.220 e. The molecule has 0 unspecified atom stereocenters. The third-order valence-electron chi connectivity index (χ3n) is 2.52. The Morgan fingerprint density at radius 1 is 1.12 bits per heavy atom. The van der Waals surface area contributed by atoms with Gasteiger partial charge in [-0.1, -0.05) is 30.3 Å². The van der Waals surface area contributed by atoms with E-state index in [0.29, 0.717) is 13.0 Å². The van der Waals surface area contributed by atoms with Gasteiger partial charge in [-0.05, 0) is 24.1 Å². The highest BCUT2D eigenvalue weighted by Gasteiger charge is 2.02. The summed E-state index contributed by atoms with van der Waals surface area (Å²) < 4.78 is 5.13. The van der Waals surface area contributed by atoms with Gasteiger partial charge < -0.3 is 9.73 Å². The van der Waals surface area contributed by atoms with Crippen LogP contribution in [0.3, 0.4) is 0 Å². The quantitative estimate of drug-likeness (QED) is 0.856. The van der Waals surface area contributed by atoms with E-state index in [1.165, 1.54) is 5.56 Å². The molecule has 1 aromatic carbocycles. The summed E-state index contributed by atoms with van der Waals surface area (Å²) in [6, 6.07) is 13.6. The Morgan fingerprint density at radius 3 is 2.65 bits per heavy atom. The molecule has 0 saturated heterocycles. The molecule has 0 spiro atoms. The van der Waals surface area contributed by atoms with Crippen LogP contribution in [-0.4, -0.2) is 5.91 Å². The minimum Gasteiger partial charge on any atom is -0.467 e. The van der Waals surface area contributed by atoms with Crippen LogP contribution in [-0.2, 0) is 17.8 Å². The fourth-order valence-electron chi connectivity index (χ4n) is 1.59. The molecule has 0 radical (unpaired) electrons. The van der Waals surface area contributed by atoms with Gasteiger partial charge in [-0.3, -0.25) is 4.79 Å². The van der Waals surface area contributed by atoms with Crippen molar-refractivity contribution in [3.63, 3.8) is 0 Å². The van der Waals surface area contributed by atoms with E-state index in [1.54, 1.807) is 6.26 Å². The molecule has 0 aliphatic heterocycles. The fraction of sp³-hybridized carbons (Fsp3) is 0.214. The number of benzene rings is 1. The molecular weight excluding hydrogens is 214 g/mol. The first-order chi connectivity index (χ1) is 8.34. The Kier molecular flexibility index (Phi) is 3.97. The number of amides is 1. The van der Waals surface area contributed by atoms with Gasteiger partial charge in [0, 0.05) is 6.42 Å². The molecule has 0 atom stereocenters. The zero-order valence-electron chi connectivity index (χ0n) is 9.56. The Hall–Kier alpha value is -2.03. The highest BCUT2D eigenvalue weighted by atomic mass is 16.3. The topological polar surface area (TPSA) is 42.2 Å². The molecule has 0 aliphatic rings. The van der Waals surface area contributed by atoms with Crippen molar-refractivity contribution in [1.82, 2.24) is 5.32 Å². The van der Waals surface area contributed by atoms with Gasteiger partial charge in [-0.15, -0.1) is 0 Å². The Morgan fingerprint density at radius 2 is 1.94 bits per heavy atom. The molecule has 2 aromatic rings. The van der Waals surface area contributed by atoms with E-state index in [9.17, 15) is 4.79 Å². The van der Waals surface area contributed by atoms with Crippen LogP contribution in [0.25, 0.3) is 0 Å². The smallest absolute Gasteiger partial charge is 0.220 e. The number of hydrogen-bond donors (Lipinski definition) is 1. The minimum atomic E-state index is 0.0465. The molecule has 88 valence electrons. The molecule has 0 bridgehead atoms. The van der Waals surface area contributed by atoms with Gasteiger partial charge in [0.05, 0.1) is 12.8 Å². The van der Waals surface area contributed by atoms with Gasteiger partial charge in [-0.25, -0.2) is 0 Å². The number of carbonyl (C=O) groups excluding carboxylic acids is 1. The van der Waals surface area contributed by atoms with E-state index >= 15 is 0 Å². The number of furan rings is 1. The molecule has 1 N–H and O–H groups in total. The summed E-state index contributed by atoms with van der Waals surface area (Å²) >= 11 is 0. The molecular formula is C14H15NO2. The fourth-order valence-corrected chi connectivity index (χ4v) is 1.59. The number of rotatable bonds is 5. The Balaban J connectivity index is 1.71. The normalized spacial score (nSPS) is 10.1. The molecule has 0 saturated carbocycles. The highest BCUT2D eigenvalue weighted by molar-refractivity contribution is 5.76. The molecule has 0 fully saturated rings. The summed E-state index contributed by atoms with van der Waals surface area (Å²) in [5, 5.41) is 2.82. The number of nitrogens with one attached hydrogen (secondary N) is 1. The van der Waals surface area contributed by atoms with Gasteiger partial charge in [0.2, 0.25) is 5.91 Å². The predicted octanol–water partition coefficient (Wildman–Crippen LogP) is 2.53. The van der Waals surface area contributed by atoms with Crippen molar-refractivity contribution in [2.75, 3.05) is 0 Å². The lowest BCUT2D eigenvalue weighted by atomic mass is 10.1. The van der Waals surface area contributed by atoms with E-state index in [4.69, 9.17) is 4.42 Å². The molecule has 1 amide bonds. The lowest BCUT2D eigenvalue weighted by Crippen LogP contribution is -2.22. The Bertz CT molecular complexity index is 448. The maximum absolute atomic E-state index is 11.6. The molecule has 2 rings (SSSR count). The van der Waals surface area contributed by atoms with Crippen LogP contribution in [0.4, 0.5) is 0 Å². The summed E-state index contributed by atoms with van der Waals surface area (Å²) in [5.74, 6) is 0.823. The molecule has 3 nitrogen and oxygen atoms in total. The largest absolute Gasteiger partial charge is 0.467 e. The zero-order valence-corrected chi connectivity index (χ0v) is 9.56. The second-order valence-corrected chi connectivity index (χ2v) is 3.84. The molecule has 1 heterocycles. The Labute approximate surface area is 100 Å². The molecule has 17 heavy (non-hydrogen) atoms. The zero-order chi connectivity index (χ0) is 11.9. The van der Waals surface area contributed by atoms with Crippen LogP contribution < -0.4 is 5.32 Å². The van der Waals surface area contributed by atoms with Crippen LogP contribution in [0, 0.1) is 0 Å². The van der Waals surface area contributed by atoms with Gasteiger partial charge in [-0.2, -0.15) is 0 Å². The highest BCUT2D eigenvalue weighted by Crippen LogP contribution is 2.03. The first-order valence-corrected chi connectivity index (χ1v) is 5.67. The van der Waals surface area contributed by atoms with Crippen molar-refractivity contribution in [2.24, 2.45) is 0 Å². The minimum absolute atomic E-state index is 0.0465. The third-order valence-corrected chi connectivity index (χ3v) is 2.52. The van der Waals surface area contributed by atoms with E-state index in [2.05, 4.69) is 5.32 Å². The van der Waals surface area contributed by atoms with E-state index in [-0.39, 0.29) is 5.91 Å². The summed E-state index contributed by atoms with van der Waals surface area (Å²) in [4.78, 5) is 11.6. The summed E-state index contributed by atoms with van der Waals surface area (Å²) in [6.07, 6.45) is 2.88. The van der Waals surface area contributed by atoms with Crippen LogP contribution in [0.1, 0.15) is 17.7 Å². The van der Waals surface area contributed by atoms with Gasteiger partial charge in [0.1, 0.15) is 5.76 Å². The van der Waals surface area contributed by atoms with Crippen molar-refractivity contribution < 1.29 is 9.21 Å². The second kappa shape index (κ2) is 5.89. The van der Waals surface area contributed by atoms with Crippen molar-refractivity contribution >= 4 is 5.91 Å². The standard InChI is InChI=1S/C14H15NO2/c16-14(15-11-13-7-4-10-17-13)9-8-12-5-2-1-3-6-12/h1-7,10H,8-9,11H2,(H,15,16). The van der Waals surface area contributed by atoms with E-state index < -0.39 is 0 Å². The van der Waals surface area contributed by atoms with E-state index in [1.807, 2.05) is 42.5 Å². The first kappa shape index (κ1) is 11.5. The average molecular weight is 229 g/mol. The lowest BCUT2D eigenvalue weighted by Gasteiger charge is -2.03. The lowest BCUT2D eigenvalue weighted by molar-refractivity contribution is -0.121. The van der Waals surface area contributed by atoms with Gasteiger partial charge in [0.15, 0.2) is 0 Å². The predicted molar refractivity (Wildman–Crippen MR) is 65.3 cm³/mol. The van der Waals surface area contributed by atoms with E-state index in [0.717, 1.165) is 12.2 Å². The van der Waals surface area contributed by atoms with Crippen molar-refractivity contribution in [3.8, 4) is 0 Å². The number of aryl methyl sites for hydroxylation is 1. The van der Waals surface area contributed by atoms with Crippen LogP contribution >= 0.6 is 0 Å². The summed E-state index contributed by atoms with van der Waals surface area (Å²) in [7, 11) is 0. The summed E-state index contributed by atoms with van der Waals surface area (Å²) in [5.41, 5.74) is 1.18. The van der Waals surface area contributed by atoms with Gasteiger partial charge in [0.25, 0.3) is 0 Å². The summed E-state index contributed by atoms with van der Waals surface area (Å²) in [6.45, 7) is 0.459. The maximum atomic E-state index is 11.6. The second-order valence-electron chi connectivity index (χ2n) is 3.84. The molecule has 3 heteroatoms. The van der Waals surface area contributed by atoms with Crippen molar-refractivity contribution in [2.45, 2.75) is 19.4 Å². The van der Waals surface area contributed by atoms with Gasteiger partial charge >= 0.3 is 0 Å². The molecule has 1 aromatic heterocycles. The molecule has 0 aliphatic carbocycles. The SMILES string of the molecule is O=C(CCc1ccccc1)NCc1ccco1. The van der Waals surface area contributed by atoms with Crippen LogP contribution in [0.5, 0.6) is 0 Å². The average Bonchev–Trinajstić information content (AvgIpc) is 2.88.